The fourth-order valence-electron chi connectivity index (χ4n) is 5.08. The van der Waals surface area contributed by atoms with Gasteiger partial charge in [0, 0.05) is 11.3 Å². The summed E-state index contributed by atoms with van der Waals surface area (Å²) in [7, 11) is 3.12. The summed E-state index contributed by atoms with van der Waals surface area (Å²) in [5.41, 5.74) is 9.19. The predicted octanol–water partition coefficient (Wildman–Crippen LogP) is 4.89. The van der Waals surface area contributed by atoms with Crippen LogP contribution in [0.5, 0.6) is 11.5 Å². The fourth-order valence-corrected chi connectivity index (χ4v) is 5.08. The maximum absolute atomic E-state index is 15.1. The minimum Gasteiger partial charge on any atom is -0.493 e. The first-order valence-electron chi connectivity index (χ1n) is 12.5. The highest BCUT2D eigenvalue weighted by Gasteiger charge is 2.21. The Morgan fingerprint density at radius 1 is 0.925 bits per heavy atom. The van der Waals surface area contributed by atoms with Gasteiger partial charge in [0.1, 0.15) is 23.7 Å². The molecule has 0 aliphatic carbocycles. The molecule has 3 heterocycles. The van der Waals surface area contributed by atoms with E-state index >= 15 is 4.39 Å². The van der Waals surface area contributed by atoms with Crippen LogP contribution >= 0.6 is 0 Å². The lowest BCUT2D eigenvalue weighted by molar-refractivity contribution is 0.355. The molecule has 0 bridgehead atoms. The van der Waals surface area contributed by atoms with Crippen LogP contribution in [0.15, 0.2) is 77.9 Å². The number of fused-ring (bicyclic) bond motifs is 2. The van der Waals surface area contributed by atoms with E-state index in [4.69, 9.17) is 20.3 Å². The van der Waals surface area contributed by atoms with Crippen LogP contribution in [0, 0.1) is 12.7 Å². The number of nitrogens with zero attached hydrogens (tertiary/aromatic N) is 5. The van der Waals surface area contributed by atoms with E-state index in [1.165, 1.54) is 17.0 Å². The van der Waals surface area contributed by atoms with Gasteiger partial charge in [0.15, 0.2) is 17.1 Å². The lowest BCUT2D eigenvalue weighted by Crippen LogP contribution is -2.25. The van der Waals surface area contributed by atoms with Crippen LogP contribution in [0.2, 0.25) is 0 Å². The van der Waals surface area contributed by atoms with Crippen LogP contribution in [-0.2, 0) is 6.54 Å². The maximum atomic E-state index is 15.1. The van der Waals surface area contributed by atoms with Crippen molar-refractivity contribution in [3.8, 4) is 28.4 Å². The van der Waals surface area contributed by atoms with E-state index in [-0.39, 0.29) is 23.6 Å². The minimum absolute atomic E-state index is 0.105. The second-order valence-electron chi connectivity index (χ2n) is 9.30. The molecule has 0 fully saturated rings. The van der Waals surface area contributed by atoms with E-state index in [0.717, 1.165) is 10.9 Å². The normalized spacial score (nSPS) is 11.3. The second kappa shape index (κ2) is 9.81. The molecule has 3 aromatic heterocycles. The summed E-state index contributed by atoms with van der Waals surface area (Å²) in [5.74, 6) is 0.833. The molecule has 0 spiro atoms. The zero-order valence-electron chi connectivity index (χ0n) is 22.1. The number of halogens is 1. The molecule has 9 nitrogen and oxygen atoms in total. The second-order valence-corrected chi connectivity index (χ2v) is 9.30. The zero-order chi connectivity index (χ0) is 28.0. The fraction of sp³-hybridized carbons (Fsp3) is 0.133. The van der Waals surface area contributed by atoms with Crippen molar-refractivity contribution in [1.82, 2.24) is 24.3 Å². The summed E-state index contributed by atoms with van der Waals surface area (Å²) in [6.07, 6.45) is 1.36. The van der Waals surface area contributed by atoms with Gasteiger partial charge in [0.2, 0.25) is 0 Å². The summed E-state index contributed by atoms with van der Waals surface area (Å²) >= 11 is 0. The highest BCUT2D eigenvalue weighted by molar-refractivity contribution is 5.98. The van der Waals surface area contributed by atoms with Crippen LogP contribution < -0.4 is 20.8 Å². The quantitative estimate of drug-likeness (QED) is 0.323. The maximum Gasteiger partial charge on any atom is 0.263 e. The first-order valence-corrected chi connectivity index (χ1v) is 12.5. The third-order valence-electron chi connectivity index (χ3n) is 6.95. The molecule has 3 aromatic carbocycles. The number of para-hydroxylation sites is 1. The third-order valence-corrected chi connectivity index (χ3v) is 6.95. The number of anilines is 1. The minimum atomic E-state index is -0.512. The standard InChI is InChI=1S/C30H25FN6O3/c1-17-7-6-8-18-13-20(37(30(38)25(17)18)22-10-5-4-9-21(22)31)15-36-29-26(28(32)33-16-34-29)27(35-36)19-11-12-23(39-2)24(14-19)40-3/h4-14,16H,15H2,1-3H3,(H2,32,33,34). The molecule has 0 saturated heterocycles. The summed E-state index contributed by atoms with van der Waals surface area (Å²) in [6.45, 7) is 1.97. The number of methoxy groups -OCH3 is 2. The first-order chi connectivity index (χ1) is 19.4. The molecule has 0 aliphatic heterocycles. The van der Waals surface area contributed by atoms with E-state index in [0.29, 0.717) is 44.9 Å². The Balaban J connectivity index is 1.60. The van der Waals surface area contributed by atoms with E-state index in [2.05, 4.69) is 9.97 Å². The average molecular weight is 537 g/mol. The predicted molar refractivity (Wildman–Crippen MR) is 152 cm³/mol. The number of aromatic nitrogens is 5. The third kappa shape index (κ3) is 4.01. The highest BCUT2D eigenvalue weighted by atomic mass is 19.1. The lowest BCUT2D eigenvalue weighted by atomic mass is 10.1. The molecule has 0 radical (unpaired) electrons. The van der Waals surface area contributed by atoms with Crippen LogP contribution in [0.1, 0.15) is 11.3 Å². The van der Waals surface area contributed by atoms with Crippen LogP contribution in [0.3, 0.4) is 0 Å². The van der Waals surface area contributed by atoms with Crippen molar-refractivity contribution in [2.75, 3.05) is 20.0 Å². The molecule has 0 unspecified atom stereocenters. The van der Waals surface area contributed by atoms with Gasteiger partial charge in [-0.2, -0.15) is 5.10 Å². The SMILES string of the molecule is COc1ccc(-c2nn(Cc3cc4cccc(C)c4c(=O)n3-c3ccccc3F)c3ncnc(N)c23)cc1OC. The number of hydrogen-bond acceptors (Lipinski definition) is 7. The Morgan fingerprint density at radius 2 is 1.73 bits per heavy atom. The van der Waals surface area contributed by atoms with Gasteiger partial charge in [0.25, 0.3) is 5.56 Å². The molecule has 6 aromatic rings. The molecule has 40 heavy (non-hydrogen) atoms. The van der Waals surface area contributed by atoms with Crippen molar-refractivity contribution in [3.63, 3.8) is 0 Å². The van der Waals surface area contributed by atoms with E-state index < -0.39 is 5.82 Å². The monoisotopic (exact) mass is 536 g/mol. The Kier molecular flexibility index (Phi) is 6.14. The van der Waals surface area contributed by atoms with Crippen molar-refractivity contribution >= 4 is 27.6 Å². The molecule has 0 amide bonds. The van der Waals surface area contributed by atoms with Crippen molar-refractivity contribution in [2.45, 2.75) is 13.5 Å². The molecule has 0 atom stereocenters. The van der Waals surface area contributed by atoms with Crippen LogP contribution in [-0.4, -0.2) is 38.5 Å². The Labute approximate surface area is 228 Å². The number of nitrogen functional groups attached to an aromatic ring is 1. The largest absolute Gasteiger partial charge is 0.493 e. The number of nitrogens with two attached hydrogens (primary N) is 1. The van der Waals surface area contributed by atoms with E-state index in [1.54, 1.807) is 49.2 Å². The van der Waals surface area contributed by atoms with Gasteiger partial charge >= 0.3 is 0 Å². The van der Waals surface area contributed by atoms with Gasteiger partial charge in [-0.1, -0.05) is 30.3 Å². The average Bonchev–Trinajstić information content (AvgIpc) is 3.33. The lowest BCUT2D eigenvalue weighted by Gasteiger charge is -2.16. The molecule has 0 aliphatic rings. The van der Waals surface area contributed by atoms with Crippen molar-refractivity contribution < 1.29 is 13.9 Å². The molecule has 200 valence electrons. The number of benzene rings is 3. The van der Waals surface area contributed by atoms with E-state index in [1.807, 2.05) is 37.3 Å². The molecule has 2 N–H and O–H groups in total. The highest BCUT2D eigenvalue weighted by Crippen LogP contribution is 2.36. The Morgan fingerprint density at radius 3 is 2.50 bits per heavy atom. The van der Waals surface area contributed by atoms with Gasteiger partial charge in [-0.25, -0.2) is 19.0 Å². The van der Waals surface area contributed by atoms with Gasteiger partial charge in [-0.05, 0) is 54.3 Å². The molecular weight excluding hydrogens is 511 g/mol. The summed E-state index contributed by atoms with van der Waals surface area (Å²) in [5, 5.41) is 6.68. The molecular formula is C30H25FN6O3. The molecule has 6 rings (SSSR count). The Bertz CT molecular complexity index is 1980. The number of aryl methyl sites for hydroxylation is 1. The number of hydrogen-bond donors (Lipinski definition) is 1. The van der Waals surface area contributed by atoms with Gasteiger partial charge in [-0.3, -0.25) is 9.36 Å². The van der Waals surface area contributed by atoms with Crippen molar-refractivity contribution in [2.24, 2.45) is 0 Å². The molecule has 10 heteroatoms. The number of pyridine rings is 1. The number of rotatable bonds is 6. The van der Waals surface area contributed by atoms with E-state index in [9.17, 15) is 4.79 Å². The van der Waals surface area contributed by atoms with Gasteiger partial charge in [0.05, 0.1) is 37.2 Å². The summed E-state index contributed by atoms with van der Waals surface area (Å²) < 4.78 is 29.0. The van der Waals surface area contributed by atoms with Crippen LogP contribution in [0.25, 0.3) is 38.8 Å². The summed E-state index contributed by atoms with van der Waals surface area (Å²) in [4.78, 5) is 22.5. The van der Waals surface area contributed by atoms with Crippen molar-refractivity contribution in [3.05, 3.63) is 100 Å². The number of ether oxygens (including phenoxy) is 2. The first kappa shape index (κ1) is 25.1. The van der Waals surface area contributed by atoms with Gasteiger partial charge < -0.3 is 15.2 Å². The van der Waals surface area contributed by atoms with Gasteiger partial charge in [-0.15, -0.1) is 0 Å². The molecule has 0 saturated carbocycles. The smallest absolute Gasteiger partial charge is 0.263 e. The Hall–Kier alpha value is -5.25. The van der Waals surface area contributed by atoms with Crippen molar-refractivity contribution in [1.29, 1.82) is 0 Å². The zero-order valence-corrected chi connectivity index (χ0v) is 22.1. The topological polar surface area (TPSA) is 110 Å². The summed E-state index contributed by atoms with van der Waals surface area (Å²) in [6, 6.07) is 19.1. The van der Waals surface area contributed by atoms with Crippen LogP contribution in [0.4, 0.5) is 10.2 Å².